The van der Waals surface area contributed by atoms with Crippen LogP contribution in [-0.2, 0) is 9.53 Å². The fourth-order valence-electron chi connectivity index (χ4n) is 2.05. The Morgan fingerprint density at radius 2 is 1.32 bits per heavy atom. The van der Waals surface area contributed by atoms with Crippen molar-refractivity contribution in [3.05, 3.63) is 36.5 Å². The standard InChI is InChI=1S/C20H34O2/c1-3-5-6-7-8-9-10-11-12-13-14-15-16-17-18-19-20(21)22-4-2/h8-9,11-12,14-15H,3-7,10,13,16-19H2,1-2H3/b9-8+,12-11-,15-14-. The van der Waals surface area contributed by atoms with Crippen molar-refractivity contribution in [2.24, 2.45) is 0 Å². The zero-order chi connectivity index (χ0) is 16.3. The van der Waals surface area contributed by atoms with E-state index in [-0.39, 0.29) is 5.97 Å². The number of allylic oxidation sites excluding steroid dienone is 6. The first kappa shape index (κ1) is 20.7. The van der Waals surface area contributed by atoms with Crippen LogP contribution in [0.4, 0.5) is 0 Å². The SMILES string of the molecule is CCCCC/C=C/C/C=C\C/C=C\CCCCC(=O)OCC. The smallest absolute Gasteiger partial charge is 0.305 e. The second-order valence-corrected chi connectivity index (χ2v) is 5.43. The van der Waals surface area contributed by atoms with Gasteiger partial charge in [-0.2, -0.15) is 0 Å². The van der Waals surface area contributed by atoms with E-state index in [1.807, 2.05) is 6.92 Å². The van der Waals surface area contributed by atoms with Gasteiger partial charge in [-0.1, -0.05) is 56.2 Å². The van der Waals surface area contributed by atoms with E-state index in [9.17, 15) is 4.79 Å². The van der Waals surface area contributed by atoms with Crippen molar-refractivity contribution in [2.75, 3.05) is 6.61 Å². The second kappa shape index (κ2) is 17.7. The highest BCUT2D eigenvalue weighted by atomic mass is 16.5. The Hall–Kier alpha value is -1.31. The third kappa shape index (κ3) is 16.7. The molecule has 0 rings (SSSR count). The van der Waals surface area contributed by atoms with Gasteiger partial charge in [0.15, 0.2) is 0 Å². The van der Waals surface area contributed by atoms with Gasteiger partial charge in [-0.3, -0.25) is 4.79 Å². The molecule has 0 N–H and O–H groups in total. The molecular weight excluding hydrogens is 272 g/mol. The molecule has 0 aliphatic heterocycles. The number of carbonyl (C=O) groups excluding carboxylic acids is 1. The maximum absolute atomic E-state index is 11.1. The molecule has 0 radical (unpaired) electrons. The Balaban J connectivity index is 3.35. The van der Waals surface area contributed by atoms with Crippen LogP contribution in [0, 0.1) is 0 Å². The van der Waals surface area contributed by atoms with E-state index in [1.165, 1.54) is 25.7 Å². The fraction of sp³-hybridized carbons (Fsp3) is 0.650. The average Bonchev–Trinajstić information content (AvgIpc) is 2.51. The number of hydrogen-bond donors (Lipinski definition) is 0. The maximum Gasteiger partial charge on any atom is 0.305 e. The van der Waals surface area contributed by atoms with Crippen LogP contribution in [0.5, 0.6) is 0 Å². The fourth-order valence-corrected chi connectivity index (χ4v) is 2.05. The summed E-state index contributed by atoms with van der Waals surface area (Å²) < 4.78 is 4.89. The molecule has 0 aromatic carbocycles. The van der Waals surface area contributed by atoms with E-state index in [0.29, 0.717) is 13.0 Å². The first-order chi connectivity index (χ1) is 10.8. The van der Waals surface area contributed by atoms with E-state index < -0.39 is 0 Å². The van der Waals surface area contributed by atoms with Crippen molar-refractivity contribution < 1.29 is 9.53 Å². The monoisotopic (exact) mass is 306 g/mol. The summed E-state index contributed by atoms with van der Waals surface area (Å²) >= 11 is 0. The molecule has 0 aliphatic rings. The van der Waals surface area contributed by atoms with E-state index in [0.717, 1.165) is 32.1 Å². The van der Waals surface area contributed by atoms with Crippen molar-refractivity contribution in [1.29, 1.82) is 0 Å². The number of unbranched alkanes of at least 4 members (excludes halogenated alkanes) is 5. The number of ether oxygens (including phenoxy) is 1. The van der Waals surface area contributed by atoms with Gasteiger partial charge in [-0.05, 0) is 51.9 Å². The highest BCUT2D eigenvalue weighted by Crippen LogP contribution is 2.03. The molecule has 2 nitrogen and oxygen atoms in total. The van der Waals surface area contributed by atoms with Crippen LogP contribution in [0.1, 0.15) is 78.1 Å². The average molecular weight is 306 g/mol. The van der Waals surface area contributed by atoms with Gasteiger partial charge < -0.3 is 4.74 Å². The minimum Gasteiger partial charge on any atom is -0.466 e. The summed E-state index contributed by atoms with van der Waals surface area (Å²) in [5, 5.41) is 0. The summed E-state index contributed by atoms with van der Waals surface area (Å²) in [6.45, 7) is 4.57. The Morgan fingerprint density at radius 1 is 0.773 bits per heavy atom. The molecule has 0 unspecified atom stereocenters. The topological polar surface area (TPSA) is 26.3 Å². The van der Waals surface area contributed by atoms with Crippen LogP contribution in [0.3, 0.4) is 0 Å². The van der Waals surface area contributed by atoms with Crippen LogP contribution in [-0.4, -0.2) is 12.6 Å². The molecule has 0 amide bonds. The van der Waals surface area contributed by atoms with Gasteiger partial charge in [0.05, 0.1) is 6.61 Å². The Morgan fingerprint density at radius 3 is 1.86 bits per heavy atom. The number of esters is 1. The van der Waals surface area contributed by atoms with Crippen molar-refractivity contribution in [3.8, 4) is 0 Å². The lowest BCUT2D eigenvalue weighted by atomic mass is 10.1. The largest absolute Gasteiger partial charge is 0.466 e. The molecule has 0 bridgehead atoms. The predicted octanol–water partition coefficient (Wildman–Crippen LogP) is 6.14. The molecular formula is C20H34O2. The predicted molar refractivity (Wildman–Crippen MR) is 95.9 cm³/mol. The lowest BCUT2D eigenvalue weighted by molar-refractivity contribution is -0.143. The Labute approximate surface area is 137 Å². The molecule has 0 aromatic rings. The first-order valence-corrected chi connectivity index (χ1v) is 8.91. The molecule has 0 spiro atoms. The Kier molecular flexibility index (Phi) is 16.7. The molecule has 0 atom stereocenters. The van der Waals surface area contributed by atoms with E-state index >= 15 is 0 Å². The van der Waals surface area contributed by atoms with Gasteiger partial charge in [0.1, 0.15) is 0 Å². The third-order valence-corrected chi connectivity index (χ3v) is 3.33. The van der Waals surface area contributed by atoms with Crippen molar-refractivity contribution in [1.82, 2.24) is 0 Å². The molecule has 0 aliphatic carbocycles. The second-order valence-electron chi connectivity index (χ2n) is 5.43. The minimum absolute atomic E-state index is 0.0721. The summed E-state index contributed by atoms with van der Waals surface area (Å²) in [4.78, 5) is 11.1. The highest BCUT2D eigenvalue weighted by Gasteiger charge is 1.99. The molecule has 0 aromatic heterocycles. The molecule has 0 heterocycles. The molecule has 0 saturated carbocycles. The number of carbonyl (C=O) groups is 1. The zero-order valence-corrected chi connectivity index (χ0v) is 14.6. The summed E-state index contributed by atoms with van der Waals surface area (Å²) in [6, 6.07) is 0. The quantitative estimate of drug-likeness (QED) is 0.219. The van der Waals surface area contributed by atoms with Gasteiger partial charge in [0.2, 0.25) is 0 Å². The van der Waals surface area contributed by atoms with Gasteiger partial charge in [-0.25, -0.2) is 0 Å². The third-order valence-electron chi connectivity index (χ3n) is 3.33. The highest BCUT2D eigenvalue weighted by molar-refractivity contribution is 5.69. The summed E-state index contributed by atoms with van der Waals surface area (Å²) in [5.74, 6) is -0.0721. The van der Waals surface area contributed by atoms with Crippen molar-refractivity contribution >= 4 is 5.97 Å². The van der Waals surface area contributed by atoms with Crippen molar-refractivity contribution in [3.63, 3.8) is 0 Å². The summed E-state index contributed by atoms with van der Waals surface area (Å²) in [7, 11) is 0. The van der Waals surface area contributed by atoms with Gasteiger partial charge in [0.25, 0.3) is 0 Å². The van der Waals surface area contributed by atoms with Crippen LogP contribution >= 0.6 is 0 Å². The molecule has 2 heteroatoms. The first-order valence-electron chi connectivity index (χ1n) is 8.91. The Bertz CT molecular complexity index is 327. The molecule has 0 fully saturated rings. The van der Waals surface area contributed by atoms with E-state index in [4.69, 9.17) is 4.74 Å². The summed E-state index contributed by atoms with van der Waals surface area (Å²) in [6.07, 6.45) is 24.2. The maximum atomic E-state index is 11.1. The lowest BCUT2D eigenvalue weighted by Crippen LogP contribution is -2.02. The lowest BCUT2D eigenvalue weighted by Gasteiger charge is -1.99. The van der Waals surface area contributed by atoms with E-state index in [1.54, 1.807) is 0 Å². The zero-order valence-electron chi connectivity index (χ0n) is 14.6. The molecule has 22 heavy (non-hydrogen) atoms. The molecule has 126 valence electrons. The van der Waals surface area contributed by atoms with Gasteiger partial charge in [0, 0.05) is 6.42 Å². The number of rotatable bonds is 14. The van der Waals surface area contributed by atoms with Crippen LogP contribution in [0.15, 0.2) is 36.5 Å². The summed E-state index contributed by atoms with van der Waals surface area (Å²) in [5.41, 5.74) is 0. The van der Waals surface area contributed by atoms with Crippen LogP contribution in [0.2, 0.25) is 0 Å². The van der Waals surface area contributed by atoms with Gasteiger partial charge >= 0.3 is 5.97 Å². The molecule has 0 saturated heterocycles. The minimum atomic E-state index is -0.0721. The normalized spacial score (nSPS) is 11.9. The van der Waals surface area contributed by atoms with E-state index in [2.05, 4.69) is 43.4 Å². The van der Waals surface area contributed by atoms with Gasteiger partial charge in [-0.15, -0.1) is 0 Å². The van der Waals surface area contributed by atoms with Crippen LogP contribution < -0.4 is 0 Å². The number of hydrogen-bond acceptors (Lipinski definition) is 2. The van der Waals surface area contributed by atoms with Crippen LogP contribution in [0.25, 0.3) is 0 Å². The van der Waals surface area contributed by atoms with Crippen molar-refractivity contribution in [2.45, 2.75) is 78.1 Å².